The third-order valence-corrected chi connectivity index (χ3v) is 6.34. The van der Waals surface area contributed by atoms with Crippen LogP contribution in [0.15, 0.2) is 12.3 Å². The molecule has 3 N–H and O–H groups in total. The third kappa shape index (κ3) is 4.16. The fraction of sp³-hybridized carbons (Fsp3) is 0.737. The van der Waals surface area contributed by atoms with E-state index in [0.717, 1.165) is 25.7 Å². The summed E-state index contributed by atoms with van der Waals surface area (Å²) < 4.78 is 6.85. The van der Waals surface area contributed by atoms with Crippen LogP contribution in [-0.4, -0.2) is 58.8 Å². The number of amides is 2. The van der Waals surface area contributed by atoms with Crippen molar-refractivity contribution in [2.75, 3.05) is 31.6 Å². The fourth-order valence-electron chi connectivity index (χ4n) is 4.80. The van der Waals surface area contributed by atoms with E-state index in [4.69, 9.17) is 10.5 Å². The van der Waals surface area contributed by atoms with Crippen molar-refractivity contribution in [1.29, 1.82) is 0 Å². The Kier molecular flexibility index (Phi) is 5.45. The lowest BCUT2D eigenvalue weighted by Gasteiger charge is -2.43. The van der Waals surface area contributed by atoms with Crippen molar-refractivity contribution in [3.8, 4) is 0 Å². The quantitative estimate of drug-likeness (QED) is 0.812. The summed E-state index contributed by atoms with van der Waals surface area (Å²) in [6.45, 7) is 2.59. The first-order valence-electron chi connectivity index (χ1n) is 10.1. The molecule has 3 aliphatic rings. The van der Waals surface area contributed by atoms with Crippen molar-refractivity contribution < 1.29 is 14.3 Å². The normalized spacial score (nSPS) is 30.8. The highest BCUT2D eigenvalue weighted by atomic mass is 16.5. The average molecular weight is 375 g/mol. The third-order valence-electron chi connectivity index (χ3n) is 6.34. The van der Waals surface area contributed by atoms with Gasteiger partial charge in [0.25, 0.3) is 0 Å². The molecular formula is C19H29N5O3. The number of aromatic nitrogens is 2. The van der Waals surface area contributed by atoms with Crippen molar-refractivity contribution in [2.24, 2.45) is 23.5 Å². The maximum absolute atomic E-state index is 12.7. The van der Waals surface area contributed by atoms with Crippen molar-refractivity contribution >= 4 is 17.6 Å². The van der Waals surface area contributed by atoms with Gasteiger partial charge in [-0.3, -0.25) is 14.3 Å². The molecule has 27 heavy (non-hydrogen) atoms. The van der Waals surface area contributed by atoms with E-state index in [2.05, 4.69) is 10.4 Å². The molecule has 2 amide bonds. The monoisotopic (exact) mass is 375 g/mol. The SMILES string of the molecule is NC1C2CCCC1CC(C(=O)Nc1ccn(CC(=O)N3CCOCC3)n1)C2. The molecule has 148 valence electrons. The van der Waals surface area contributed by atoms with E-state index in [9.17, 15) is 9.59 Å². The molecular weight excluding hydrogens is 346 g/mol. The van der Waals surface area contributed by atoms with Gasteiger partial charge in [0, 0.05) is 37.3 Å². The molecule has 2 heterocycles. The van der Waals surface area contributed by atoms with E-state index in [-0.39, 0.29) is 30.3 Å². The Hall–Kier alpha value is -1.93. The van der Waals surface area contributed by atoms with Crippen LogP contribution in [0.2, 0.25) is 0 Å². The second kappa shape index (κ2) is 7.98. The van der Waals surface area contributed by atoms with Gasteiger partial charge in [-0.05, 0) is 37.5 Å². The first kappa shape index (κ1) is 18.4. The Morgan fingerprint density at radius 1 is 1.22 bits per heavy atom. The molecule has 2 saturated carbocycles. The summed E-state index contributed by atoms with van der Waals surface area (Å²) in [5.74, 6) is 1.51. The van der Waals surface area contributed by atoms with Crippen LogP contribution in [0.25, 0.3) is 0 Å². The summed E-state index contributed by atoms with van der Waals surface area (Å²) >= 11 is 0. The molecule has 4 rings (SSSR count). The molecule has 1 aliphatic heterocycles. The molecule has 3 fully saturated rings. The topological polar surface area (TPSA) is 102 Å². The zero-order chi connectivity index (χ0) is 18.8. The molecule has 8 heteroatoms. The minimum atomic E-state index is 0.0141. The Bertz CT molecular complexity index is 671. The second-order valence-electron chi connectivity index (χ2n) is 8.08. The van der Waals surface area contributed by atoms with Crippen molar-refractivity contribution in [2.45, 2.75) is 44.7 Å². The molecule has 0 aromatic carbocycles. The second-order valence-corrected chi connectivity index (χ2v) is 8.08. The van der Waals surface area contributed by atoms with Gasteiger partial charge in [0.15, 0.2) is 5.82 Å². The van der Waals surface area contributed by atoms with E-state index in [0.29, 0.717) is 44.0 Å². The highest BCUT2D eigenvalue weighted by Crippen LogP contribution is 2.42. The van der Waals surface area contributed by atoms with Crippen molar-refractivity contribution in [3.05, 3.63) is 12.3 Å². The van der Waals surface area contributed by atoms with E-state index in [1.165, 1.54) is 6.42 Å². The van der Waals surface area contributed by atoms with Gasteiger partial charge in [-0.15, -0.1) is 0 Å². The van der Waals surface area contributed by atoms with Gasteiger partial charge < -0.3 is 20.7 Å². The number of nitrogens with one attached hydrogen (secondary N) is 1. The van der Waals surface area contributed by atoms with Gasteiger partial charge in [-0.2, -0.15) is 5.10 Å². The number of carbonyl (C=O) groups excluding carboxylic acids is 2. The maximum Gasteiger partial charge on any atom is 0.244 e. The van der Waals surface area contributed by atoms with E-state index < -0.39 is 0 Å². The summed E-state index contributed by atoms with van der Waals surface area (Å²) in [5.41, 5.74) is 6.32. The first-order valence-corrected chi connectivity index (χ1v) is 10.1. The number of hydrogen-bond acceptors (Lipinski definition) is 5. The fourth-order valence-corrected chi connectivity index (χ4v) is 4.80. The highest BCUT2D eigenvalue weighted by Gasteiger charge is 2.40. The number of nitrogens with two attached hydrogens (primary N) is 1. The maximum atomic E-state index is 12.7. The zero-order valence-corrected chi connectivity index (χ0v) is 15.7. The lowest BCUT2D eigenvalue weighted by Crippen LogP contribution is -2.48. The lowest BCUT2D eigenvalue weighted by molar-refractivity contribution is -0.136. The predicted octanol–water partition coefficient (Wildman–Crippen LogP) is 0.834. The summed E-state index contributed by atoms with van der Waals surface area (Å²) in [6.07, 6.45) is 7.00. The zero-order valence-electron chi connectivity index (χ0n) is 15.7. The molecule has 2 bridgehead atoms. The van der Waals surface area contributed by atoms with E-state index >= 15 is 0 Å². The van der Waals surface area contributed by atoms with Gasteiger partial charge in [0.05, 0.1) is 13.2 Å². The number of morpholine rings is 1. The van der Waals surface area contributed by atoms with E-state index in [1.54, 1.807) is 21.8 Å². The number of nitrogens with zero attached hydrogens (tertiary/aromatic N) is 3. The molecule has 1 aromatic rings. The first-order chi connectivity index (χ1) is 13.1. The number of hydrogen-bond donors (Lipinski definition) is 2. The van der Waals surface area contributed by atoms with Crippen LogP contribution >= 0.6 is 0 Å². The van der Waals surface area contributed by atoms with Gasteiger partial charge in [0.2, 0.25) is 11.8 Å². The van der Waals surface area contributed by atoms with Crippen LogP contribution < -0.4 is 11.1 Å². The smallest absolute Gasteiger partial charge is 0.244 e. The van der Waals surface area contributed by atoms with Gasteiger partial charge in [0.1, 0.15) is 6.54 Å². The molecule has 2 aliphatic carbocycles. The molecule has 2 unspecified atom stereocenters. The molecule has 0 radical (unpaired) electrons. The molecule has 0 spiro atoms. The summed E-state index contributed by atoms with van der Waals surface area (Å²) in [5, 5.41) is 7.28. The Balaban J connectivity index is 1.31. The van der Waals surface area contributed by atoms with Gasteiger partial charge in [-0.1, -0.05) is 6.42 Å². The van der Waals surface area contributed by atoms with Crippen molar-refractivity contribution in [3.63, 3.8) is 0 Å². The standard InChI is InChI=1S/C19H29N5O3/c20-18-13-2-1-3-14(18)11-15(10-13)19(26)21-16-4-5-24(22-16)12-17(25)23-6-8-27-9-7-23/h4-5,13-15,18H,1-3,6-12,20H2,(H,21,22,26). The van der Waals surface area contributed by atoms with Gasteiger partial charge >= 0.3 is 0 Å². The predicted molar refractivity (Wildman–Crippen MR) is 99.8 cm³/mol. The number of rotatable bonds is 4. The van der Waals surface area contributed by atoms with Crippen LogP contribution in [0.5, 0.6) is 0 Å². The van der Waals surface area contributed by atoms with Gasteiger partial charge in [-0.25, -0.2) is 0 Å². The number of fused-ring (bicyclic) bond motifs is 2. The molecule has 8 nitrogen and oxygen atoms in total. The van der Waals surface area contributed by atoms with Crippen molar-refractivity contribution in [1.82, 2.24) is 14.7 Å². The van der Waals surface area contributed by atoms with E-state index in [1.807, 2.05) is 0 Å². The van der Waals surface area contributed by atoms with Crippen LogP contribution in [0.3, 0.4) is 0 Å². The number of ether oxygens (including phenoxy) is 1. The average Bonchev–Trinajstić information content (AvgIpc) is 3.09. The van der Waals surface area contributed by atoms with Crippen LogP contribution in [0, 0.1) is 17.8 Å². The number of anilines is 1. The largest absolute Gasteiger partial charge is 0.378 e. The van der Waals surface area contributed by atoms with Crippen LogP contribution in [-0.2, 0) is 20.9 Å². The van der Waals surface area contributed by atoms with Crippen LogP contribution in [0.4, 0.5) is 5.82 Å². The molecule has 1 aromatic heterocycles. The minimum absolute atomic E-state index is 0.0141. The summed E-state index contributed by atoms with van der Waals surface area (Å²) in [6, 6.07) is 2.01. The Morgan fingerprint density at radius 3 is 2.63 bits per heavy atom. The summed E-state index contributed by atoms with van der Waals surface area (Å²) in [7, 11) is 0. The van der Waals surface area contributed by atoms with Crippen LogP contribution in [0.1, 0.15) is 32.1 Å². The number of carbonyl (C=O) groups is 2. The molecule has 2 atom stereocenters. The highest BCUT2D eigenvalue weighted by molar-refractivity contribution is 5.91. The molecule has 1 saturated heterocycles. The lowest BCUT2D eigenvalue weighted by atomic mass is 9.65. The minimum Gasteiger partial charge on any atom is -0.378 e. The Morgan fingerprint density at radius 2 is 1.93 bits per heavy atom. The Labute approximate surface area is 159 Å². The summed E-state index contributed by atoms with van der Waals surface area (Å²) in [4.78, 5) is 26.8.